The molecule has 8 heteroatoms. The van der Waals surface area contributed by atoms with Crippen LogP contribution in [0.15, 0.2) is 12.3 Å². The van der Waals surface area contributed by atoms with Gasteiger partial charge in [0.15, 0.2) is 0 Å². The highest BCUT2D eigenvalue weighted by molar-refractivity contribution is 5.98. The molecule has 4 rings (SSSR count). The van der Waals surface area contributed by atoms with Gasteiger partial charge in [-0.05, 0) is 32.3 Å². The minimum absolute atomic E-state index is 0.0269. The van der Waals surface area contributed by atoms with Gasteiger partial charge in [0.2, 0.25) is 5.88 Å². The molecule has 4 heterocycles. The molecule has 142 valence electrons. The summed E-state index contributed by atoms with van der Waals surface area (Å²) < 4.78 is 7.29. The number of methoxy groups -OCH3 is 1. The first kappa shape index (κ1) is 17.5. The summed E-state index contributed by atoms with van der Waals surface area (Å²) >= 11 is 0. The van der Waals surface area contributed by atoms with Gasteiger partial charge >= 0.3 is 0 Å². The van der Waals surface area contributed by atoms with E-state index in [-0.39, 0.29) is 18.4 Å². The summed E-state index contributed by atoms with van der Waals surface area (Å²) in [5, 5.41) is 7.23. The first-order chi connectivity index (χ1) is 13.1. The van der Waals surface area contributed by atoms with E-state index >= 15 is 0 Å². The minimum Gasteiger partial charge on any atom is -0.481 e. The normalized spacial score (nSPS) is 15.5. The number of ether oxygens (including phenoxy) is 1. The van der Waals surface area contributed by atoms with Gasteiger partial charge in [0.05, 0.1) is 42.4 Å². The number of carbonyl (C=O) groups is 2. The molecular weight excluding hydrogens is 346 g/mol. The Labute approximate surface area is 157 Å². The maximum atomic E-state index is 12.6. The van der Waals surface area contributed by atoms with E-state index in [4.69, 9.17) is 4.74 Å². The number of amides is 2. The van der Waals surface area contributed by atoms with E-state index in [2.05, 4.69) is 15.4 Å². The van der Waals surface area contributed by atoms with E-state index in [1.807, 2.05) is 11.6 Å². The zero-order valence-corrected chi connectivity index (χ0v) is 15.6. The number of hydrogen-bond donors (Lipinski definition) is 1. The van der Waals surface area contributed by atoms with Gasteiger partial charge in [-0.1, -0.05) is 0 Å². The Bertz CT molecular complexity index is 905. The highest BCUT2D eigenvalue weighted by Crippen LogP contribution is 2.27. The van der Waals surface area contributed by atoms with E-state index in [0.717, 1.165) is 37.2 Å². The Kier molecular flexibility index (Phi) is 4.55. The highest BCUT2D eigenvalue weighted by Gasteiger charge is 2.29. The number of rotatable bonds is 5. The minimum atomic E-state index is -0.165. The van der Waals surface area contributed by atoms with Crippen LogP contribution >= 0.6 is 0 Å². The van der Waals surface area contributed by atoms with Crippen molar-refractivity contribution in [3.8, 4) is 5.88 Å². The molecule has 2 amide bonds. The van der Waals surface area contributed by atoms with Crippen LogP contribution in [0.5, 0.6) is 5.88 Å². The summed E-state index contributed by atoms with van der Waals surface area (Å²) in [6.45, 7) is 4.18. The number of nitrogens with one attached hydrogen (secondary N) is 1. The quantitative estimate of drug-likeness (QED) is 0.863. The highest BCUT2D eigenvalue weighted by atomic mass is 16.5. The van der Waals surface area contributed by atoms with E-state index in [1.54, 1.807) is 24.3 Å². The van der Waals surface area contributed by atoms with Crippen LogP contribution in [-0.2, 0) is 26.1 Å². The second-order valence-electron chi connectivity index (χ2n) is 6.84. The molecule has 0 unspecified atom stereocenters. The van der Waals surface area contributed by atoms with Crippen molar-refractivity contribution in [2.45, 2.75) is 45.8 Å². The zero-order valence-electron chi connectivity index (χ0n) is 15.6. The first-order valence-electron chi connectivity index (χ1n) is 9.31. The lowest BCUT2D eigenvalue weighted by Crippen LogP contribution is -2.25. The molecule has 2 aliphatic heterocycles. The Morgan fingerprint density at radius 1 is 1.37 bits per heavy atom. The zero-order chi connectivity index (χ0) is 19.0. The van der Waals surface area contributed by atoms with Crippen molar-refractivity contribution < 1.29 is 14.3 Å². The van der Waals surface area contributed by atoms with Crippen LogP contribution in [0.1, 0.15) is 57.4 Å². The van der Waals surface area contributed by atoms with Crippen LogP contribution in [0.3, 0.4) is 0 Å². The van der Waals surface area contributed by atoms with Gasteiger partial charge in [0.1, 0.15) is 0 Å². The molecular formula is C19H23N5O3. The van der Waals surface area contributed by atoms with E-state index in [0.29, 0.717) is 35.7 Å². The molecule has 0 saturated heterocycles. The Morgan fingerprint density at radius 3 is 3.00 bits per heavy atom. The Hall–Kier alpha value is -2.90. The van der Waals surface area contributed by atoms with Crippen LogP contribution in [0.2, 0.25) is 0 Å². The molecule has 27 heavy (non-hydrogen) atoms. The van der Waals surface area contributed by atoms with Gasteiger partial charge in [-0.15, -0.1) is 0 Å². The third-order valence-electron chi connectivity index (χ3n) is 5.24. The monoisotopic (exact) mass is 369 g/mol. The predicted octanol–water partition coefficient (Wildman–Crippen LogP) is 1.53. The average Bonchev–Trinajstić information content (AvgIpc) is 3.26. The molecule has 2 aromatic heterocycles. The van der Waals surface area contributed by atoms with Crippen molar-refractivity contribution in [3.63, 3.8) is 0 Å². The van der Waals surface area contributed by atoms with Crippen molar-refractivity contribution in [2.24, 2.45) is 0 Å². The fourth-order valence-corrected chi connectivity index (χ4v) is 3.74. The topological polar surface area (TPSA) is 89.3 Å². The van der Waals surface area contributed by atoms with Crippen LogP contribution in [0.25, 0.3) is 0 Å². The van der Waals surface area contributed by atoms with Crippen LogP contribution < -0.4 is 10.1 Å². The summed E-state index contributed by atoms with van der Waals surface area (Å²) in [6, 6.07) is 1.78. The molecule has 0 saturated carbocycles. The second-order valence-corrected chi connectivity index (χ2v) is 6.84. The average molecular weight is 369 g/mol. The third-order valence-corrected chi connectivity index (χ3v) is 5.24. The summed E-state index contributed by atoms with van der Waals surface area (Å²) in [5.41, 5.74) is 3.61. The lowest BCUT2D eigenvalue weighted by atomic mass is 10.1. The molecule has 0 aromatic carbocycles. The van der Waals surface area contributed by atoms with E-state index < -0.39 is 0 Å². The Morgan fingerprint density at radius 2 is 2.22 bits per heavy atom. The molecule has 1 N–H and O–H groups in total. The number of aryl methyl sites for hydroxylation is 1. The molecule has 0 spiro atoms. The largest absolute Gasteiger partial charge is 0.481 e. The molecule has 0 aliphatic carbocycles. The van der Waals surface area contributed by atoms with Gasteiger partial charge in [0.25, 0.3) is 11.8 Å². The summed E-state index contributed by atoms with van der Waals surface area (Å²) in [7, 11) is 1.54. The number of pyridine rings is 1. The van der Waals surface area contributed by atoms with Gasteiger partial charge in [-0.25, -0.2) is 4.98 Å². The van der Waals surface area contributed by atoms with Crippen molar-refractivity contribution in [2.75, 3.05) is 13.7 Å². The smallest absolute Gasteiger partial charge is 0.256 e. The van der Waals surface area contributed by atoms with Crippen molar-refractivity contribution in [3.05, 3.63) is 40.3 Å². The van der Waals surface area contributed by atoms with Crippen LogP contribution in [-0.4, -0.2) is 45.1 Å². The molecule has 0 radical (unpaired) electrons. The lowest BCUT2D eigenvalue weighted by molar-refractivity contribution is 0.0786. The number of fused-ring (bicyclic) bond motifs is 2. The molecule has 8 nitrogen and oxygen atoms in total. The number of hydrogen-bond acceptors (Lipinski definition) is 5. The Balaban J connectivity index is 1.53. The van der Waals surface area contributed by atoms with E-state index in [1.165, 1.54) is 0 Å². The van der Waals surface area contributed by atoms with Gasteiger partial charge in [-0.2, -0.15) is 5.10 Å². The molecule has 0 bridgehead atoms. The molecule has 0 atom stereocenters. The summed E-state index contributed by atoms with van der Waals surface area (Å²) in [5.74, 6) is 0.250. The SMILES string of the molecule is CCN1Cc2nc(OC)c(CNC(=O)c3cnn4c3CCCC4)cc2C1=O. The van der Waals surface area contributed by atoms with Crippen molar-refractivity contribution in [1.82, 2.24) is 25.0 Å². The van der Waals surface area contributed by atoms with Gasteiger partial charge < -0.3 is 15.0 Å². The number of carbonyl (C=O) groups excluding carboxylic acids is 2. The standard InChI is InChI=1S/C19H23N5O3/c1-3-23-11-15-13(19(23)26)8-12(18(22-15)27-2)9-20-17(25)14-10-21-24-7-5-4-6-16(14)24/h8,10H,3-7,9,11H2,1-2H3,(H,20,25). The summed E-state index contributed by atoms with van der Waals surface area (Å²) in [4.78, 5) is 31.3. The van der Waals surface area contributed by atoms with Gasteiger partial charge in [-0.3, -0.25) is 14.3 Å². The van der Waals surface area contributed by atoms with Crippen molar-refractivity contribution in [1.29, 1.82) is 0 Å². The number of aromatic nitrogens is 3. The fraction of sp³-hybridized carbons (Fsp3) is 0.474. The van der Waals surface area contributed by atoms with E-state index in [9.17, 15) is 9.59 Å². The molecule has 2 aliphatic rings. The summed E-state index contributed by atoms with van der Waals surface area (Å²) in [6.07, 6.45) is 4.67. The van der Waals surface area contributed by atoms with Crippen LogP contribution in [0.4, 0.5) is 0 Å². The maximum Gasteiger partial charge on any atom is 0.256 e. The number of nitrogens with zero attached hydrogens (tertiary/aromatic N) is 4. The predicted molar refractivity (Wildman–Crippen MR) is 97.5 cm³/mol. The maximum absolute atomic E-state index is 12.6. The molecule has 0 fully saturated rings. The van der Waals surface area contributed by atoms with Gasteiger partial charge in [0, 0.05) is 25.2 Å². The first-order valence-corrected chi connectivity index (χ1v) is 9.31. The third kappa shape index (κ3) is 3.05. The second kappa shape index (κ2) is 7.02. The van der Waals surface area contributed by atoms with Crippen molar-refractivity contribution >= 4 is 11.8 Å². The van der Waals surface area contributed by atoms with Crippen LogP contribution in [0, 0.1) is 0 Å². The molecule has 2 aromatic rings. The lowest BCUT2D eigenvalue weighted by Gasteiger charge is -2.15. The fourth-order valence-electron chi connectivity index (χ4n) is 3.74.